The Hall–Kier alpha value is -2.88. The highest BCUT2D eigenvalue weighted by atomic mass is 32.1. The van der Waals surface area contributed by atoms with Crippen LogP contribution in [0.1, 0.15) is 21.5 Å². The zero-order valence-corrected chi connectivity index (χ0v) is 17.1. The standard InChI is InChI=1S/C21H22N4O4S/c26-17(20-2-1-9-30-20)12-24-5-7-25(8-6-24)21(27)16-11-15(22-23-16)14-3-4-18-19(10-14)29-13-28-18/h1-4,9-11,17,26H,5-8,12-13H2,(H,22,23). The van der Waals surface area contributed by atoms with Gasteiger partial charge in [-0.25, -0.2) is 0 Å². The van der Waals surface area contributed by atoms with Crippen molar-refractivity contribution in [1.29, 1.82) is 0 Å². The van der Waals surface area contributed by atoms with Crippen molar-refractivity contribution in [3.05, 3.63) is 52.3 Å². The number of benzene rings is 1. The summed E-state index contributed by atoms with van der Waals surface area (Å²) in [5.41, 5.74) is 2.02. The van der Waals surface area contributed by atoms with Crippen LogP contribution in [0.4, 0.5) is 0 Å². The highest BCUT2D eigenvalue weighted by Gasteiger charge is 2.25. The molecular weight excluding hydrogens is 404 g/mol. The first-order valence-corrected chi connectivity index (χ1v) is 10.7. The van der Waals surface area contributed by atoms with Crippen LogP contribution in [0, 0.1) is 0 Å². The van der Waals surface area contributed by atoms with Gasteiger partial charge in [-0.1, -0.05) is 6.07 Å². The van der Waals surface area contributed by atoms with Crippen LogP contribution in [0.3, 0.4) is 0 Å². The minimum absolute atomic E-state index is 0.0621. The summed E-state index contributed by atoms with van der Waals surface area (Å²) in [7, 11) is 0. The Kier molecular flexibility index (Phi) is 5.16. The number of ether oxygens (including phenoxy) is 2. The molecule has 0 spiro atoms. The van der Waals surface area contributed by atoms with Gasteiger partial charge in [0.05, 0.1) is 5.69 Å². The van der Waals surface area contributed by atoms with Crippen molar-refractivity contribution in [3.8, 4) is 22.8 Å². The molecule has 1 saturated heterocycles. The molecule has 1 unspecified atom stereocenters. The molecule has 3 aromatic rings. The molecule has 9 heteroatoms. The third kappa shape index (κ3) is 3.79. The number of aromatic amines is 1. The number of nitrogens with zero attached hydrogens (tertiary/aromatic N) is 3. The second-order valence-corrected chi connectivity index (χ2v) is 8.34. The molecule has 1 aromatic carbocycles. The van der Waals surface area contributed by atoms with E-state index in [-0.39, 0.29) is 12.7 Å². The molecule has 0 radical (unpaired) electrons. The van der Waals surface area contributed by atoms with E-state index in [1.165, 1.54) is 0 Å². The molecule has 30 heavy (non-hydrogen) atoms. The van der Waals surface area contributed by atoms with Crippen molar-refractivity contribution >= 4 is 17.2 Å². The maximum atomic E-state index is 12.9. The van der Waals surface area contributed by atoms with E-state index in [0.717, 1.165) is 23.5 Å². The molecule has 5 rings (SSSR count). The first-order valence-electron chi connectivity index (χ1n) is 9.86. The van der Waals surface area contributed by atoms with E-state index < -0.39 is 6.10 Å². The van der Waals surface area contributed by atoms with Gasteiger partial charge in [-0.3, -0.25) is 14.8 Å². The highest BCUT2D eigenvalue weighted by Crippen LogP contribution is 2.35. The maximum Gasteiger partial charge on any atom is 0.271 e. The van der Waals surface area contributed by atoms with Crippen molar-refractivity contribution in [1.82, 2.24) is 20.0 Å². The van der Waals surface area contributed by atoms with Gasteiger partial charge in [-0.05, 0) is 35.7 Å². The molecule has 2 aromatic heterocycles. The lowest BCUT2D eigenvalue weighted by atomic mass is 10.1. The van der Waals surface area contributed by atoms with Crippen molar-refractivity contribution in [3.63, 3.8) is 0 Å². The molecule has 2 aliphatic heterocycles. The molecule has 2 aliphatic rings. The minimum Gasteiger partial charge on any atom is -0.454 e. The molecule has 1 amide bonds. The number of fused-ring (bicyclic) bond motifs is 1. The van der Waals surface area contributed by atoms with E-state index in [4.69, 9.17) is 9.47 Å². The quantitative estimate of drug-likeness (QED) is 0.651. The van der Waals surface area contributed by atoms with Gasteiger partial charge >= 0.3 is 0 Å². The lowest BCUT2D eigenvalue weighted by molar-refractivity contribution is 0.0528. The number of H-pyrrole nitrogens is 1. The zero-order valence-electron chi connectivity index (χ0n) is 16.3. The van der Waals surface area contributed by atoms with Crippen molar-refractivity contribution < 1.29 is 19.4 Å². The van der Waals surface area contributed by atoms with E-state index in [1.54, 1.807) is 17.4 Å². The first kappa shape index (κ1) is 19.1. The van der Waals surface area contributed by atoms with E-state index >= 15 is 0 Å². The van der Waals surface area contributed by atoms with E-state index in [1.807, 2.05) is 40.6 Å². The number of aliphatic hydroxyl groups excluding tert-OH is 1. The van der Waals surface area contributed by atoms with Gasteiger partial charge in [0, 0.05) is 43.2 Å². The Morgan fingerprint density at radius 2 is 2.00 bits per heavy atom. The molecule has 0 saturated carbocycles. The summed E-state index contributed by atoms with van der Waals surface area (Å²) in [6.07, 6.45) is -0.482. The van der Waals surface area contributed by atoms with Crippen LogP contribution in [-0.2, 0) is 0 Å². The monoisotopic (exact) mass is 426 g/mol. The number of β-amino-alcohol motifs (C(OH)–C–C–N with tert-alkyl or cyclic N) is 1. The Morgan fingerprint density at radius 3 is 2.80 bits per heavy atom. The maximum absolute atomic E-state index is 12.9. The second-order valence-electron chi connectivity index (χ2n) is 7.36. The van der Waals surface area contributed by atoms with Gasteiger partial charge in [-0.15, -0.1) is 11.3 Å². The number of amides is 1. The molecule has 0 aliphatic carbocycles. The lowest BCUT2D eigenvalue weighted by Gasteiger charge is -2.35. The van der Waals surface area contributed by atoms with Gasteiger partial charge in [0.1, 0.15) is 11.8 Å². The summed E-state index contributed by atoms with van der Waals surface area (Å²) in [5.74, 6) is 1.34. The minimum atomic E-state index is -0.482. The van der Waals surface area contributed by atoms with Crippen LogP contribution in [0.15, 0.2) is 41.8 Å². The third-order valence-corrected chi connectivity index (χ3v) is 6.41. The third-order valence-electron chi connectivity index (χ3n) is 5.44. The molecule has 1 fully saturated rings. The van der Waals surface area contributed by atoms with Crippen molar-refractivity contribution in [2.24, 2.45) is 0 Å². The second kappa shape index (κ2) is 8.10. The predicted molar refractivity (Wildman–Crippen MR) is 112 cm³/mol. The summed E-state index contributed by atoms with van der Waals surface area (Å²) in [5, 5.41) is 19.5. The van der Waals surface area contributed by atoms with Gasteiger partial charge in [0.25, 0.3) is 5.91 Å². The topological polar surface area (TPSA) is 90.9 Å². The fourth-order valence-electron chi connectivity index (χ4n) is 3.75. The Bertz CT molecular complexity index is 1030. The highest BCUT2D eigenvalue weighted by molar-refractivity contribution is 7.10. The van der Waals surface area contributed by atoms with Gasteiger partial charge in [0.2, 0.25) is 6.79 Å². The zero-order chi connectivity index (χ0) is 20.5. The molecule has 156 valence electrons. The average Bonchev–Trinajstić information content (AvgIpc) is 3.54. The molecular formula is C21H22N4O4S. The van der Waals surface area contributed by atoms with Gasteiger partial charge in [-0.2, -0.15) is 5.10 Å². The lowest BCUT2D eigenvalue weighted by Crippen LogP contribution is -2.49. The Labute approximate surface area is 177 Å². The first-order chi connectivity index (χ1) is 14.7. The largest absolute Gasteiger partial charge is 0.454 e. The molecule has 2 N–H and O–H groups in total. The van der Waals surface area contributed by atoms with Crippen LogP contribution in [0.25, 0.3) is 11.3 Å². The van der Waals surface area contributed by atoms with Crippen LogP contribution >= 0.6 is 11.3 Å². The SMILES string of the molecule is O=C(c1cc(-c2ccc3c(c2)OCO3)n[nH]1)N1CCN(CC(O)c2cccs2)CC1. The number of carbonyl (C=O) groups excluding carboxylic acids is 1. The number of hydrogen-bond acceptors (Lipinski definition) is 7. The average molecular weight is 426 g/mol. The smallest absolute Gasteiger partial charge is 0.271 e. The summed E-state index contributed by atoms with van der Waals surface area (Å²) in [6, 6.07) is 11.3. The van der Waals surface area contributed by atoms with E-state index in [0.29, 0.717) is 42.5 Å². The summed E-state index contributed by atoms with van der Waals surface area (Å²) in [4.78, 5) is 17.9. The number of aromatic nitrogens is 2. The fraction of sp³-hybridized carbons (Fsp3) is 0.333. The number of piperazine rings is 1. The van der Waals surface area contributed by atoms with Crippen LogP contribution in [-0.4, -0.2) is 70.5 Å². The summed E-state index contributed by atoms with van der Waals surface area (Å²) in [6.45, 7) is 3.51. The Balaban J connectivity index is 1.19. The number of rotatable bonds is 5. The normalized spacial score (nSPS) is 17.3. The molecule has 0 bridgehead atoms. The molecule has 1 atom stereocenters. The fourth-order valence-corrected chi connectivity index (χ4v) is 4.46. The van der Waals surface area contributed by atoms with E-state index in [2.05, 4.69) is 15.1 Å². The van der Waals surface area contributed by atoms with Crippen LogP contribution in [0.5, 0.6) is 11.5 Å². The van der Waals surface area contributed by atoms with Crippen molar-refractivity contribution in [2.45, 2.75) is 6.10 Å². The molecule has 8 nitrogen and oxygen atoms in total. The number of thiophene rings is 1. The van der Waals surface area contributed by atoms with Crippen LogP contribution in [0.2, 0.25) is 0 Å². The Morgan fingerprint density at radius 1 is 1.17 bits per heavy atom. The summed E-state index contributed by atoms with van der Waals surface area (Å²) >= 11 is 1.56. The van der Waals surface area contributed by atoms with Gasteiger partial charge in [0.15, 0.2) is 11.5 Å². The molecule has 4 heterocycles. The number of aliphatic hydroxyl groups is 1. The number of hydrogen-bond donors (Lipinski definition) is 2. The van der Waals surface area contributed by atoms with E-state index in [9.17, 15) is 9.90 Å². The predicted octanol–water partition coefficient (Wildman–Crippen LogP) is 2.36. The number of carbonyl (C=O) groups is 1. The van der Waals surface area contributed by atoms with Crippen molar-refractivity contribution in [2.75, 3.05) is 39.5 Å². The van der Waals surface area contributed by atoms with Crippen LogP contribution < -0.4 is 9.47 Å². The van der Waals surface area contributed by atoms with Gasteiger partial charge < -0.3 is 19.5 Å². The summed E-state index contributed by atoms with van der Waals surface area (Å²) < 4.78 is 10.7. The number of nitrogens with one attached hydrogen (secondary N) is 1.